The van der Waals surface area contributed by atoms with Crippen LogP contribution in [0.4, 0.5) is 10.1 Å². The van der Waals surface area contributed by atoms with Gasteiger partial charge in [-0.05, 0) is 47.0 Å². The molecule has 0 bridgehead atoms. The van der Waals surface area contributed by atoms with Gasteiger partial charge in [0.2, 0.25) is 0 Å². The zero-order chi connectivity index (χ0) is 14.4. The van der Waals surface area contributed by atoms with Gasteiger partial charge in [-0.1, -0.05) is 0 Å². The summed E-state index contributed by atoms with van der Waals surface area (Å²) < 4.78 is 24.3. The number of rotatable bonds is 7. The number of nitrogens with one attached hydrogen (secondary N) is 1. The smallest absolute Gasteiger partial charge is 0.137 e. The van der Waals surface area contributed by atoms with Crippen molar-refractivity contribution in [1.82, 2.24) is 0 Å². The lowest BCUT2D eigenvalue weighted by Gasteiger charge is -2.15. The molecule has 0 spiro atoms. The first-order valence-corrected chi connectivity index (χ1v) is 7.51. The van der Waals surface area contributed by atoms with Crippen molar-refractivity contribution in [2.45, 2.75) is 25.0 Å². The summed E-state index contributed by atoms with van der Waals surface area (Å²) in [5, 5.41) is 12.8. The van der Waals surface area contributed by atoms with E-state index in [0.717, 1.165) is 25.1 Å². The Kier molecular flexibility index (Phi) is 6.22. The molecule has 0 radical (unpaired) electrons. The van der Waals surface area contributed by atoms with Crippen LogP contribution in [0.25, 0.3) is 0 Å². The fraction of sp³-hybridized carbons (Fsp3) is 0.571. The van der Waals surface area contributed by atoms with E-state index in [0.29, 0.717) is 17.6 Å². The second-order valence-electron chi connectivity index (χ2n) is 4.84. The van der Waals surface area contributed by atoms with Gasteiger partial charge in [0.15, 0.2) is 0 Å². The van der Waals surface area contributed by atoms with E-state index in [1.807, 2.05) is 0 Å². The summed E-state index contributed by atoms with van der Waals surface area (Å²) >= 11 is 3.12. The largest absolute Gasteiger partial charge is 0.389 e. The van der Waals surface area contributed by atoms with E-state index in [1.165, 1.54) is 6.07 Å². The lowest BCUT2D eigenvalue weighted by atomic mass is 10.2. The van der Waals surface area contributed by atoms with Gasteiger partial charge in [0.05, 0.1) is 29.9 Å². The molecule has 2 atom stereocenters. The molecule has 1 heterocycles. The van der Waals surface area contributed by atoms with Crippen molar-refractivity contribution in [2.75, 3.05) is 31.7 Å². The predicted molar refractivity (Wildman–Crippen MR) is 78.4 cm³/mol. The maximum absolute atomic E-state index is 13.1. The Balaban J connectivity index is 1.63. The van der Waals surface area contributed by atoms with E-state index in [-0.39, 0.29) is 18.5 Å². The Hall–Kier alpha value is -0.690. The summed E-state index contributed by atoms with van der Waals surface area (Å²) in [6.07, 6.45) is 1.67. The molecule has 2 N–H and O–H groups in total. The molecule has 1 fully saturated rings. The number of hydrogen-bond acceptors (Lipinski definition) is 4. The molecule has 6 heteroatoms. The van der Waals surface area contributed by atoms with Crippen LogP contribution in [-0.4, -0.2) is 43.7 Å². The monoisotopic (exact) mass is 347 g/mol. The minimum atomic E-state index is -0.611. The van der Waals surface area contributed by atoms with Crippen LogP contribution in [0.2, 0.25) is 0 Å². The average molecular weight is 348 g/mol. The first-order chi connectivity index (χ1) is 9.65. The summed E-state index contributed by atoms with van der Waals surface area (Å²) in [6.45, 7) is 1.94. The van der Waals surface area contributed by atoms with Crippen LogP contribution in [-0.2, 0) is 9.47 Å². The molecular weight excluding hydrogens is 329 g/mol. The highest BCUT2D eigenvalue weighted by Crippen LogP contribution is 2.19. The zero-order valence-corrected chi connectivity index (χ0v) is 12.7. The standard InChI is InChI=1S/C14H19BrFNO3/c15-13-6-10(3-4-14(13)16)17-7-11(18)8-19-9-12-2-1-5-20-12/h3-4,6,11-12,17-18H,1-2,5,7-9H2. The molecule has 2 unspecified atom stereocenters. The fourth-order valence-electron chi connectivity index (χ4n) is 2.01. The van der Waals surface area contributed by atoms with Crippen molar-refractivity contribution in [3.05, 3.63) is 28.5 Å². The number of ether oxygens (including phenoxy) is 2. The lowest BCUT2D eigenvalue weighted by molar-refractivity contribution is -0.0137. The maximum atomic E-state index is 13.1. The van der Waals surface area contributed by atoms with Crippen molar-refractivity contribution >= 4 is 21.6 Å². The third-order valence-corrected chi connectivity index (χ3v) is 3.71. The Morgan fingerprint density at radius 3 is 3.10 bits per heavy atom. The van der Waals surface area contributed by atoms with Crippen molar-refractivity contribution in [3.8, 4) is 0 Å². The van der Waals surface area contributed by atoms with Gasteiger partial charge in [-0.25, -0.2) is 4.39 Å². The Morgan fingerprint density at radius 1 is 1.55 bits per heavy atom. The molecule has 1 aliphatic heterocycles. The summed E-state index contributed by atoms with van der Waals surface area (Å²) in [7, 11) is 0. The van der Waals surface area contributed by atoms with Crippen LogP contribution in [0.5, 0.6) is 0 Å². The zero-order valence-electron chi connectivity index (χ0n) is 11.1. The highest BCUT2D eigenvalue weighted by atomic mass is 79.9. The summed E-state index contributed by atoms with van der Waals surface area (Å²) in [5.74, 6) is -0.309. The van der Waals surface area contributed by atoms with E-state index in [9.17, 15) is 9.50 Å². The fourth-order valence-corrected chi connectivity index (χ4v) is 2.39. The Bertz CT molecular complexity index is 427. The van der Waals surface area contributed by atoms with Crippen LogP contribution in [0, 0.1) is 5.82 Å². The number of anilines is 1. The van der Waals surface area contributed by atoms with E-state index in [1.54, 1.807) is 12.1 Å². The molecule has 4 nitrogen and oxygen atoms in total. The van der Waals surface area contributed by atoms with Crippen LogP contribution in [0.15, 0.2) is 22.7 Å². The second kappa shape index (κ2) is 7.93. The van der Waals surface area contributed by atoms with Crippen LogP contribution >= 0.6 is 15.9 Å². The number of aliphatic hydroxyl groups excluding tert-OH is 1. The Morgan fingerprint density at radius 2 is 2.40 bits per heavy atom. The van der Waals surface area contributed by atoms with Gasteiger partial charge in [-0.3, -0.25) is 0 Å². The van der Waals surface area contributed by atoms with Gasteiger partial charge in [0.25, 0.3) is 0 Å². The minimum Gasteiger partial charge on any atom is -0.389 e. The molecule has 1 aromatic rings. The van der Waals surface area contributed by atoms with Crippen molar-refractivity contribution < 1.29 is 19.0 Å². The van der Waals surface area contributed by atoms with Crippen molar-refractivity contribution in [3.63, 3.8) is 0 Å². The van der Waals surface area contributed by atoms with Gasteiger partial charge >= 0.3 is 0 Å². The van der Waals surface area contributed by atoms with Gasteiger partial charge in [0, 0.05) is 18.8 Å². The van der Waals surface area contributed by atoms with Crippen molar-refractivity contribution in [2.24, 2.45) is 0 Å². The van der Waals surface area contributed by atoms with Gasteiger partial charge in [-0.2, -0.15) is 0 Å². The molecule has 1 aromatic carbocycles. The third kappa shape index (κ3) is 5.01. The number of benzene rings is 1. The van der Waals surface area contributed by atoms with Crippen LogP contribution < -0.4 is 5.32 Å². The average Bonchev–Trinajstić information content (AvgIpc) is 2.93. The van der Waals surface area contributed by atoms with Gasteiger partial charge in [0.1, 0.15) is 5.82 Å². The first-order valence-electron chi connectivity index (χ1n) is 6.71. The van der Waals surface area contributed by atoms with Crippen molar-refractivity contribution in [1.29, 1.82) is 0 Å². The molecule has 112 valence electrons. The molecule has 1 aliphatic rings. The van der Waals surface area contributed by atoms with Gasteiger partial charge in [-0.15, -0.1) is 0 Å². The minimum absolute atomic E-state index is 0.170. The topological polar surface area (TPSA) is 50.7 Å². The first kappa shape index (κ1) is 15.7. The molecule has 1 saturated heterocycles. The quantitative estimate of drug-likeness (QED) is 0.795. The molecule has 20 heavy (non-hydrogen) atoms. The molecule has 0 aromatic heterocycles. The van der Waals surface area contributed by atoms with Crippen LogP contribution in [0.1, 0.15) is 12.8 Å². The molecular formula is C14H19BrFNO3. The molecule has 0 aliphatic carbocycles. The van der Waals surface area contributed by atoms with E-state index in [4.69, 9.17) is 9.47 Å². The van der Waals surface area contributed by atoms with E-state index in [2.05, 4.69) is 21.2 Å². The van der Waals surface area contributed by atoms with E-state index >= 15 is 0 Å². The maximum Gasteiger partial charge on any atom is 0.137 e. The van der Waals surface area contributed by atoms with Gasteiger partial charge < -0.3 is 19.9 Å². The predicted octanol–water partition coefficient (Wildman–Crippen LogP) is 2.56. The molecule has 2 rings (SSSR count). The summed E-state index contributed by atoms with van der Waals surface area (Å²) in [5.41, 5.74) is 0.747. The van der Waals surface area contributed by atoms with Crippen LogP contribution in [0.3, 0.4) is 0 Å². The second-order valence-corrected chi connectivity index (χ2v) is 5.69. The van der Waals surface area contributed by atoms with E-state index < -0.39 is 6.10 Å². The normalized spacial score (nSPS) is 20.1. The number of halogens is 2. The number of aliphatic hydroxyl groups is 1. The highest BCUT2D eigenvalue weighted by molar-refractivity contribution is 9.10. The number of hydrogen-bond donors (Lipinski definition) is 2. The summed E-state index contributed by atoms with van der Waals surface area (Å²) in [6, 6.07) is 4.63. The summed E-state index contributed by atoms with van der Waals surface area (Å²) in [4.78, 5) is 0. The molecule has 0 amide bonds. The molecule has 0 saturated carbocycles. The highest BCUT2D eigenvalue weighted by Gasteiger charge is 2.16. The SMILES string of the molecule is OC(CNc1ccc(F)c(Br)c1)COCC1CCCO1. The Labute approximate surface area is 126 Å². The lowest BCUT2D eigenvalue weighted by Crippen LogP contribution is -2.27. The third-order valence-electron chi connectivity index (χ3n) is 3.10.